The standard InChI is InChI=1S/C23H25N5/c1-2-3-4-12-28-21(16-13-17(24)15-18(25)14-16)7-8-22(28)23-19(9-11-27-23)20-6-5-10-26-20/h5-11,13-15H,2-4,12,24-25H2,1H3. The summed E-state index contributed by atoms with van der Waals surface area (Å²) in [5, 5.41) is 0. The number of rotatable bonds is 6. The number of hydrogen-bond donors (Lipinski definition) is 2. The molecule has 4 rings (SSSR count). The van der Waals surface area contributed by atoms with Crippen molar-refractivity contribution in [1.82, 2.24) is 4.57 Å². The monoisotopic (exact) mass is 371 g/mol. The largest absolute Gasteiger partial charge is 0.399 e. The lowest BCUT2D eigenvalue weighted by Gasteiger charge is -2.15. The van der Waals surface area contributed by atoms with E-state index in [0.717, 1.165) is 46.9 Å². The average Bonchev–Trinajstić information content (AvgIpc) is 3.40. The third-order valence-electron chi connectivity index (χ3n) is 5.01. The number of unbranched alkanes of at least 4 members (excludes halogenated alkanes) is 2. The summed E-state index contributed by atoms with van der Waals surface area (Å²) >= 11 is 0. The molecule has 0 radical (unpaired) electrons. The number of nitrogens with two attached hydrogens (primary N) is 2. The number of anilines is 2. The molecule has 0 saturated carbocycles. The maximum absolute atomic E-state index is 6.05. The summed E-state index contributed by atoms with van der Waals surface area (Å²) in [6, 6.07) is 10.0. The van der Waals surface area contributed by atoms with E-state index in [-0.39, 0.29) is 0 Å². The lowest BCUT2D eigenvalue weighted by atomic mass is 10.1. The highest BCUT2D eigenvalue weighted by atomic mass is 15.0. The minimum atomic E-state index is 0.672. The molecule has 28 heavy (non-hydrogen) atoms. The van der Waals surface area contributed by atoms with Crippen LogP contribution in [0.25, 0.3) is 11.3 Å². The van der Waals surface area contributed by atoms with E-state index in [1.54, 1.807) is 6.07 Å². The predicted octanol–water partition coefficient (Wildman–Crippen LogP) is 4.72. The van der Waals surface area contributed by atoms with Gasteiger partial charge in [0.1, 0.15) is 0 Å². The Hall–Kier alpha value is -3.34. The molecular formula is C23H25N5. The topological polar surface area (TPSA) is 81.7 Å². The first-order chi connectivity index (χ1) is 13.7. The highest BCUT2D eigenvalue weighted by Crippen LogP contribution is 2.31. The smallest absolute Gasteiger partial charge is 0.0961 e. The van der Waals surface area contributed by atoms with Crippen LogP contribution in [0.2, 0.25) is 0 Å². The number of allylic oxidation sites excluding steroid dienone is 4. The van der Waals surface area contributed by atoms with Crippen molar-refractivity contribution in [2.24, 2.45) is 9.98 Å². The lowest BCUT2D eigenvalue weighted by Crippen LogP contribution is -2.12. The van der Waals surface area contributed by atoms with Crippen molar-refractivity contribution in [3.63, 3.8) is 0 Å². The molecule has 2 aliphatic rings. The van der Waals surface area contributed by atoms with Crippen molar-refractivity contribution >= 4 is 23.3 Å². The summed E-state index contributed by atoms with van der Waals surface area (Å²) in [6.45, 7) is 3.13. The van der Waals surface area contributed by atoms with Crippen LogP contribution in [0.5, 0.6) is 0 Å². The Bertz CT molecular complexity index is 1010. The Balaban J connectivity index is 1.80. The van der Waals surface area contributed by atoms with Gasteiger partial charge in [-0.2, -0.15) is 0 Å². The zero-order valence-corrected chi connectivity index (χ0v) is 16.1. The van der Waals surface area contributed by atoms with Crippen LogP contribution in [-0.2, 0) is 6.54 Å². The fourth-order valence-corrected chi connectivity index (χ4v) is 3.72. The van der Waals surface area contributed by atoms with E-state index in [4.69, 9.17) is 11.5 Å². The Morgan fingerprint density at radius 3 is 2.46 bits per heavy atom. The number of nitrogens with zero attached hydrogens (tertiary/aromatic N) is 3. The molecule has 0 spiro atoms. The van der Waals surface area contributed by atoms with Gasteiger partial charge in [-0.05, 0) is 55.0 Å². The third kappa shape index (κ3) is 3.43. The van der Waals surface area contributed by atoms with E-state index in [1.165, 1.54) is 12.8 Å². The first-order valence-corrected chi connectivity index (χ1v) is 9.73. The predicted molar refractivity (Wildman–Crippen MR) is 119 cm³/mol. The van der Waals surface area contributed by atoms with Crippen LogP contribution < -0.4 is 11.5 Å². The molecule has 4 N–H and O–H groups in total. The molecule has 1 aromatic heterocycles. The van der Waals surface area contributed by atoms with E-state index < -0.39 is 0 Å². The zero-order valence-electron chi connectivity index (χ0n) is 16.1. The summed E-state index contributed by atoms with van der Waals surface area (Å²) in [7, 11) is 0. The third-order valence-corrected chi connectivity index (χ3v) is 5.01. The molecule has 2 aliphatic heterocycles. The molecule has 0 saturated heterocycles. The molecule has 0 unspecified atom stereocenters. The van der Waals surface area contributed by atoms with E-state index in [1.807, 2.05) is 42.8 Å². The first kappa shape index (κ1) is 18.0. The average molecular weight is 371 g/mol. The molecule has 1 aromatic carbocycles. The summed E-state index contributed by atoms with van der Waals surface area (Å²) < 4.78 is 2.33. The van der Waals surface area contributed by atoms with Crippen molar-refractivity contribution in [3.8, 4) is 11.3 Å². The second-order valence-electron chi connectivity index (χ2n) is 7.08. The van der Waals surface area contributed by atoms with Gasteiger partial charge < -0.3 is 16.0 Å². The Morgan fingerprint density at radius 1 is 0.964 bits per heavy atom. The lowest BCUT2D eigenvalue weighted by molar-refractivity contribution is 0.606. The van der Waals surface area contributed by atoms with Crippen molar-refractivity contribution in [2.45, 2.75) is 32.7 Å². The molecule has 0 atom stereocenters. The molecule has 0 aliphatic carbocycles. The van der Waals surface area contributed by atoms with Gasteiger partial charge in [-0.15, -0.1) is 0 Å². The van der Waals surface area contributed by atoms with Gasteiger partial charge in [0.15, 0.2) is 0 Å². The van der Waals surface area contributed by atoms with Crippen LogP contribution in [-0.4, -0.2) is 16.5 Å². The van der Waals surface area contributed by atoms with E-state index >= 15 is 0 Å². The van der Waals surface area contributed by atoms with Crippen molar-refractivity contribution in [3.05, 3.63) is 71.7 Å². The number of benzene rings is 1. The van der Waals surface area contributed by atoms with Gasteiger partial charge >= 0.3 is 0 Å². The Kier molecular flexibility index (Phi) is 4.98. The number of aliphatic imine (C=N–C) groups is 2. The van der Waals surface area contributed by atoms with Crippen molar-refractivity contribution in [2.75, 3.05) is 11.5 Å². The molecule has 5 heteroatoms. The molecule has 0 amide bonds. The van der Waals surface area contributed by atoms with Crippen LogP contribution in [0.1, 0.15) is 31.9 Å². The highest BCUT2D eigenvalue weighted by molar-refractivity contribution is 6.16. The van der Waals surface area contributed by atoms with Crippen LogP contribution >= 0.6 is 0 Å². The highest BCUT2D eigenvalue weighted by Gasteiger charge is 2.21. The van der Waals surface area contributed by atoms with Crippen LogP contribution in [0.15, 0.2) is 76.0 Å². The summed E-state index contributed by atoms with van der Waals surface area (Å²) in [5.41, 5.74) is 19.6. The number of nitrogen functional groups attached to an aromatic ring is 2. The fourth-order valence-electron chi connectivity index (χ4n) is 3.72. The van der Waals surface area contributed by atoms with Gasteiger partial charge in [0.2, 0.25) is 0 Å². The number of aromatic nitrogens is 1. The SMILES string of the molecule is CCCCCn1c(C2=NC=CC2=C2C=CC=N2)ccc1-c1cc(N)cc(N)c1. The quantitative estimate of drug-likeness (QED) is 0.569. The second-order valence-corrected chi connectivity index (χ2v) is 7.08. The zero-order chi connectivity index (χ0) is 19.5. The molecular weight excluding hydrogens is 346 g/mol. The normalized spacial score (nSPS) is 17.7. The maximum Gasteiger partial charge on any atom is 0.0961 e. The fraction of sp³-hybridized carbons (Fsp3) is 0.217. The number of hydrogen-bond acceptors (Lipinski definition) is 4. The minimum absolute atomic E-state index is 0.672. The van der Waals surface area contributed by atoms with Crippen LogP contribution in [0.4, 0.5) is 11.4 Å². The molecule has 2 aromatic rings. The van der Waals surface area contributed by atoms with Crippen LogP contribution in [0, 0.1) is 0 Å². The molecule has 3 heterocycles. The second kappa shape index (κ2) is 7.72. The van der Waals surface area contributed by atoms with E-state index in [0.29, 0.717) is 11.4 Å². The summed E-state index contributed by atoms with van der Waals surface area (Å²) in [4.78, 5) is 9.12. The van der Waals surface area contributed by atoms with Gasteiger partial charge in [-0.3, -0.25) is 9.98 Å². The summed E-state index contributed by atoms with van der Waals surface area (Å²) in [6.07, 6.45) is 13.1. The molecule has 142 valence electrons. The maximum atomic E-state index is 6.05. The van der Waals surface area contributed by atoms with Gasteiger partial charge in [-0.1, -0.05) is 19.8 Å². The molecule has 5 nitrogen and oxygen atoms in total. The van der Waals surface area contributed by atoms with Crippen LogP contribution in [0.3, 0.4) is 0 Å². The first-order valence-electron chi connectivity index (χ1n) is 9.73. The van der Waals surface area contributed by atoms with Gasteiger partial charge in [0.25, 0.3) is 0 Å². The van der Waals surface area contributed by atoms with Crippen molar-refractivity contribution in [1.29, 1.82) is 0 Å². The Labute approximate surface area is 165 Å². The van der Waals surface area contributed by atoms with Gasteiger partial charge in [0.05, 0.1) is 17.1 Å². The van der Waals surface area contributed by atoms with E-state index in [2.05, 4.69) is 33.6 Å². The summed E-state index contributed by atoms with van der Waals surface area (Å²) in [5.74, 6) is 0. The van der Waals surface area contributed by atoms with Gasteiger partial charge in [-0.25, -0.2) is 0 Å². The Morgan fingerprint density at radius 2 is 1.75 bits per heavy atom. The molecule has 0 bridgehead atoms. The van der Waals surface area contributed by atoms with E-state index in [9.17, 15) is 0 Å². The minimum Gasteiger partial charge on any atom is -0.399 e. The molecule has 0 fully saturated rings. The van der Waals surface area contributed by atoms with Gasteiger partial charge in [0, 0.05) is 47.2 Å². The van der Waals surface area contributed by atoms with Crippen molar-refractivity contribution < 1.29 is 0 Å².